The molecule has 4 atom stereocenters. The van der Waals surface area contributed by atoms with Crippen LogP contribution in [0.25, 0.3) is 21.1 Å². The summed E-state index contributed by atoms with van der Waals surface area (Å²) in [4.78, 5) is 79.1. The highest BCUT2D eigenvalue weighted by Gasteiger charge is 2.33. The maximum Gasteiger partial charge on any atom is 0.224 e. The lowest BCUT2D eigenvalue weighted by molar-refractivity contribution is -0.134. The summed E-state index contributed by atoms with van der Waals surface area (Å²) in [5.74, 6) is -3.17. The number of nitrogens with zero attached hydrogens (tertiary/aromatic N) is 2. The highest BCUT2D eigenvalue weighted by molar-refractivity contribution is 7.20. The van der Waals surface area contributed by atoms with E-state index in [1.807, 2.05) is 62.4 Å². The molecule has 272 valence electrons. The van der Waals surface area contributed by atoms with Crippen molar-refractivity contribution in [2.45, 2.75) is 78.3 Å². The molecule has 0 aliphatic carbocycles. The number of carbonyl (C=O) groups is 5. The number of para-hydroxylation sites is 2. The zero-order valence-corrected chi connectivity index (χ0v) is 30.4. The van der Waals surface area contributed by atoms with Crippen molar-refractivity contribution in [1.82, 2.24) is 20.6 Å². The highest BCUT2D eigenvalue weighted by atomic mass is 32.1. The Balaban J connectivity index is 1.59. The number of Topliss-reactive ketones (excluding diaryl/α,β-unsaturated/α-hetero) is 3. The summed E-state index contributed by atoms with van der Waals surface area (Å²) in [7, 11) is 0. The predicted molar refractivity (Wildman–Crippen MR) is 200 cm³/mol. The number of amidine groups is 1. The van der Waals surface area contributed by atoms with Gasteiger partial charge in [-0.2, -0.15) is 0 Å². The average Bonchev–Trinajstić information content (AvgIpc) is 3.71. The highest BCUT2D eigenvalue weighted by Crippen LogP contribution is 2.28. The van der Waals surface area contributed by atoms with Crippen LogP contribution in [0, 0.1) is 17.8 Å². The molecule has 0 bridgehead atoms. The van der Waals surface area contributed by atoms with Crippen LogP contribution in [0.3, 0.4) is 0 Å². The Morgan fingerprint density at radius 1 is 0.941 bits per heavy atom. The molecule has 51 heavy (non-hydrogen) atoms. The molecule has 4 rings (SSSR count). The first kappa shape index (κ1) is 39.0. The summed E-state index contributed by atoms with van der Waals surface area (Å²) >= 11 is 1.29. The number of fused-ring (bicyclic) bond motifs is 2. The normalized spacial score (nSPS) is 14.3. The third-order valence-electron chi connectivity index (χ3n) is 8.72. The van der Waals surface area contributed by atoms with Crippen LogP contribution in [-0.4, -0.2) is 75.3 Å². The molecule has 2 amide bonds. The number of ketones is 3. The molecule has 12 nitrogen and oxygen atoms in total. The van der Waals surface area contributed by atoms with E-state index in [-0.39, 0.29) is 36.7 Å². The monoisotopic (exact) mass is 716 g/mol. The first-order valence-electron chi connectivity index (χ1n) is 17.3. The minimum atomic E-state index is -1.17. The minimum absolute atomic E-state index is 0.0202. The van der Waals surface area contributed by atoms with Crippen molar-refractivity contribution in [2.24, 2.45) is 28.5 Å². The first-order valence-corrected chi connectivity index (χ1v) is 18.1. The Morgan fingerprint density at radius 3 is 2.31 bits per heavy atom. The quantitative estimate of drug-likeness (QED) is 0.0380. The van der Waals surface area contributed by atoms with Crippen LogP contribution in [-0.2, 0) is 25.6 Å². The van der Waals surface area contributed by atoms with Gasteiger partial charge >= 0.3 is 0 Å². The van der Waals surface area contributed by atoms with E-state index in [1.165, 1.54) is 18.3 Å². The molecule has 0 saturated heterocycles. The van der Waals surface area contributed by atoms with Crippen LogP contribution in [0.2, 0.25) is 0 Å². The number of hydrogen-bond acceptors (Lipinski definition) is 9. The van der Waals surface area contributed by atoms with Gasteiger partial charge in [0.25, 0.3) is 0 Å². The molecule has 0 unspecified atom stereocenters. The number of benzene rings is 2. The summed E-state index contributed by atoms with van der Waals surface area (Å²) in [6.07, 6.45) is 2.79. The molecule has 0 saturated carbocycles. The van der Waals surface area contributed by atoms with E-state index in [0.717, 1.165) is 21.2 Å². The Morgan fingerprint density at radius 2 is 1.63 bits per heavy atom. The summed E-state index contributed by atoms with van der Waals surface area (Å²) in [5.41, 5.74) is 8.10. The molecule has 0 aliphatic heterocycles. The zero-order chi connectivity index (χ0) is 37.1. The van der Waals surface area contributed by atoms with E-state index >= 15 is 0 Å². The van der Waals surface area contributed by atoms with Crippen LogP contribution < -0.4 is 16.4 Å². The van der Waals surface area contributed by atoms with Crippen molar-refractivity contribution in [3.63, 3.8) is 0 Å². The molecule has 0 fully saturated rings. The van der Waals surface area contributed by atoms with Gasteiger partial charge < -0.3 is 26.5 Å². The minimum Gasteiger partial charge on any atom is -0.394 e. The van der Waals surface area contributed by atoms with Crippen molar-refractivity contribution < 1.29 is 29.1 Å². The molecule has 13 heteroatoms. The van der Waals surface area contributed by atoms with E-state index in [2.05, 4.69) is 25.6 Å². The van der Waals surface area contributed by atoms with Crippen LogP contribution in [0.1, 0.15) is 75.2 Å². The van der Waals surface area contributed by atoms with Gasteiger partial charge in [0.2, 0.25) is 11.8 Å². The molecule has 4 aromatic rings. The van der Waals surface area contributed by atoms with E-state index in [0.29, 0.717) is 42.2 Å². The number of nitrogens with two attached hydrogens (primary N) is 1. The van der Waals surface area contributed by atoms with Crippen molar-refractivity contribution in [3.05, 3.63) is 65.3 Å². The number of aromatic amines is 1. The number of aliphatic hydroxyl groups is 1. The van der Waals surface area contributed by atoms with E-state index < -0.39 is 48.1 Å². The third kappa shape index (κ3) is 11.1. The largest absolute Gasteiger partial charge is 0.394 e. The van der Waals surface area contributed by atoms with Gasteiger partial charge in [-0.1, -0.05) is 44.2 Å². The standard InChI is InChI=1S/C38H48N6O6S/c1-22(2)16-31(33(47)18-25(10-9-15-40-23(3)39)36(49)38-44-30-13-7-8-14-35(30)51-38)43-37(50)26(19-34(48)32(21-45)42-24(4)46)17-27-20-41-29-12-6-5-11-28(27)29/h5-8,11-14,20,22,25-26,31-32,41,45H,9-10,15-19,21H2,1-4H3,(H2,39,40)(H,42,46)(H,43,50)/t25-,26+,31+,32+/m1/s1. The van der Waals surface area contributed by atoms with E-state index in [9.17, 15) is 29.1 Å². The van der Waals surface area contributed by atoms with Gasteiger partial charge in [-0.3, -0.25) is 29.0 Å². The number of nitrogens with one attached hydrogen (secondary N) is 3. The van der Waals surface area contributed by atoms with Gasteiger partial charge in [0.1, 0.15) is 6.04 Å². The number of carbonyl (C=O) groups excluding carboxylic acids is 5. The average molecular weight is 717 g/mol. The van der Waals surface area contributed by atoms with Crippen molar-refractivity contribution in [3.8, 4) is 0 Å². The number of aromatic nitrogens is 2. The van der Waals surface area contributed by atoms with Crippen LogP contribution >= 0.6 is 11.3 Å². The lowest BCUT2D eigenvalue weighted by Gasteiger charge is -2.25. The maximum absolute atomic E-state index is 14.1. The number of hydrogen-bond donors (Lipinski definition) is 5. The SMILES string of the molecule is CC(=O)N[C@@H](CO)C(=O)C[C@H](Cc1c[nH]c2ccccc12)C(=O)N[C@@H](CC(C)C)C(=O)C[C@@H](CCCN=C(C)N)C(=O)c1nc2ccccc2s1. The van der Waals surface area contributed by atoms with E-state index in [1.54, 1.807) is 13.1 Å². The van der Waals surface area contributed by atoms with Gasteiger partial charge in [-0.05, 0) is 62.3 Å². The number of aliphatic imine (C=N–C) groups is 1. The Hall–Kier alpha value is -4.75. The predicted octanol–water partition coefficient (Wildman–Crippen LogP) is 4.54. The summed E-state index contributed by atoms with van der Waals surface area (Å²) < 4.78 is 0.872. The second-order valence-electron chi connectivity index (χ2n) is 13.4. The van der Waals surface area contributed by atoms with Crippen molar-refractivity contribution >= 4 is 67.5 Å². The smallest absolute Gasteiger partial charge is 0.224 e. The maximum atomic E-state index is 14.1. The van der Waals surface area contributed by atoms with E-state index in [4.69, 9.17) is 5.73 Å². The Kier molecular flexibility index (Phi) is 14.1. The number of thiazole rings is 1. The third-order valence-corrected chi connectivity index (χ3v) is 9.77. The van der Waals surface area contributed by atoms with Gasteiger partial charge in [-0.15, -0.1) is 11.3 Å². The number of amides is 2. The molecular formula is C38H48N6O6S. The molecular weight excluding hydrogens is 669 g/mol. The lowest BCUT2D eigenvalue weighted by Crippen LogP contribution is -2.48. The van der Waals surface area contributed by atoms with Crippen LogP contribution in [0.15, 0.2) is 59.7 Å². The zero-order valence-electron chi connectivity index (χ0n) is 29.6. The second-order valence-corrected chi connectivity index (χ2v) is 14.5. The van der Waals surface area contributed by atoms with Crippen molar-refractivity contribution in [1.29, 1.82) is 0 Å². The molecule has 0 aliphatic rings. The Labute approximate surface area is 301 Å². The van der Waals surface area contributed by atoms with Gasteiger partial charge in [0.15, 0.2) is 22.4 Å². The van der Waals surface area contributed by atoms with Crippen LogP contribution in [0.4, 0.5) is 0 Å². The number of H-pyrrole nitrogens is 1. The topological polar surface area (TPSA) is 197 Å². The molecule has 2 aromatic heterocycles. The summed E-state index contributed by atoms with van der Waals surface area (Å²) in [6.45, 7) is 6.61. The molecule has 2 aromatic carbocycles. The van der Waals surface area contributed by atoms with Gasteiger partial charge in [0.05, 0.1) is 28.7 Å². The second kappa shape index (κ2) is 18.5. The summed E-state index contributed by atoms with van der Waals surface area (Å²) in [6, 6.07) is 13.0. The van der Waals surface area contributed by atoms with Crippen molar-refractivity contribution in [2.75, 3.05) is 13.2 Å². The Bertz CT molecular complexity index is 1840. The fourth-order valence-corrected chi connectivity index (χ4v) is 7.15. The van der Waals surface area contributed by atoms with Crippen LogP contribution in [0.5, 0.6) is 0 Å². The number of aliphatic hydroxyl groups excluding tert-OH is 1. The first-order chi connectivity index (χ1) is 24.4. The number of rotatable bonds is 20. The fourth-order valence-electron chi connectivity index (χ4n) is 6.17. The molecule has 0 spiro atoms. The molecule has 0 radical (unpaired) electrons. The van der Waals surface area contributed by atoms with Gasteiger partial charge in [-0.25, -0.2) is 4.98 Å². The molecule has 6 N–H and O–H groups in total. The lowest BCUT2D eigenvalue weighted by atomic mass is 9.87. The fraction of sp³-hybridized carbons (Fsp3) is 0.447. The summed E-state index contributed by atoms with van der Waals surface area (Å²) in [5, 5.41) is 16.4. The van der Waals surface area contributed by atoms with Gasteiger partial charge in [0, 0.05) is 55.2 Å². The molecule has 2 heterocycles.